The predicted molar refractivity (Wildman–Crippen MR) is 61.7 cm³/mol. The second-order valence-corrected chi connectivity index (χ2v) is 3.75. The number of rotatable bonds is 1. The predicted octanol–water partition coefficient (Wildman–Crippen LogP) is 3.42. The van der Waals surface area contributed by atoms with Gasteiger partial charge in [0.15, 0.2) is 0 Å². The molecule has 0 saturated heterocycles. The molecule has 0 fully saturated rings. The lowest BCUT2D eigenvalue weighted by atomic mass is 10.1. The smallest absolute Gasteiger partial charge is 0.125 e. The van der Waals surface area contributed by atoms with Crippen LogP contribution in [0, 0.1) is 21.7 Å². The first kappa shape index (κ1) is 10.5. The number of halogens is 1. The zero-order valence-electron chi connectivity index (χ0n) is 8.20. The van der Waals surface area contributed by atoms with Crippen LogP contribution in [-0.4, -0.2) is 4.98 Å². The van der Waals surface area contributed by atoms with Crippen molar-refractivity contribution in [1.82, 2.24) is 4.98 Å². The van der Waals surface area contributed by atoms with Crippen molar-refractivity contribution in [2.45, 2.75) is 0 Å². The fourth-order valence-corrected chi connectivity index (χ4v) is 1.61. The van der Waals surface area contributed by atoms with Crippen molar-refractivity contribution < 1.29 is 4.39 Å². The highest BCUT2D eigenvalue weighted by atomic mass is 32.1. The molecule has 1 aromatic heterocycles. The van der Waals surface area contributed by atoms with E-state index in [4.69, 9.17) is 17.5 Å². The molecule has 4 heteroatoms. The van der Waals surface area contributed by atoms with E-state index in [0.717, 1.165) is 0 Å². The lowest BCUT2D eigenvalue weighted by Gasteiger charge is -2.02. The lowest BCUT2D eigenvalue weighted by molar-refractivity contribution is 0.628. The summed E-state index contributed by atoms with van der Waals surface area (Å²) >= 11 is 5.01. The van der Waals surface area contributed by atoms with Gasteiger partial charge in [-0.3, -0.25) is 0 Å². The van der Waals surface area contributed by atoms with Gasteiger partial charge in [0.1, 0.15) is 5.82 Å². The van der Waals surface area contributed by atoms with Crippen molar-refractivity contribution in [2.75, 3.05) is 0 Å². The summed E-state index contributed by atoms with van der Waals surface area (Å²) in [6.07, 6.45) is 1.69. The number of aromatic nitrogens is 1. The van der Waals surface area contributed by atoms with E-state index in [-0.39, 0.29) is 5.56 Å². The maximum absolute atomic E-state index is 13.2. The minimum Gasteiger partial charge on any atom is -0.361 e. The topological polar surface area (TPSA) is 39.6 Å². The first-order valence-corrected chi connectivity index (χ1v) is 5.00. The van der Waals surface area contributed by atoms with Crippen LogP contribution in [0.3, 0.4) is 0 Å². The maximum atomic E-state index is 13.2. The quantitative estimate of drug-likeness (QED) is 0.762. The van der Waals surface area contributed by atoms with Crippen LogP contribution in [0.5, 0.6) is 0 Å². The van der Waals surface area contributed by atoms with Crippen LogP contribution in [0.2, 0.25) is 0 Å². The number of H-pyrrole nitrogens is 1. The molecule has 1 N–H and O–H groups in total. The van der Waals surface area contributed by atoms with E-state index in [1.165, 1.54) is 12.1 Å². The molecule has 0 radical (unpaired) electrons. The Balaban J connectivity index is 2.61. The third kappa shape index (κ3) is 2.15. The fourth-order valence-electron chi connectivity index (χ4n) is 1.42. The van der Waals surface area contributed by atoms with Gasteiger partial charge in [-0.05, 0) is 30.3 Å². The summed E-state index contributed by atoms with van der Waals surface area (Å²) in [6.45, 7) is 0. The second-order valence-electron chi connectivity index (χ2n) is 3.28. The lowest BCUT2D eigenvalue weighted by Crippen LogP contribution is -1.86. The number of nitrogens with one attached hydrogen (secondary N) is 1. The van der Waals surface area contributed by atoms with E-state index in [2.05, 4.69) is 4.98 Å². The average molecular weight is 230 g/mol. The van der Waals surface area contributed by atoms with E-state index in [9.17, 15) is 4.39 Å². The average Bonchev–Trinajstić information content (AvgIpc) is 2.28. The monoisotopic (exact) mass is 230 g/mol. The van der Waals surface area contributed by atoms with Gasteiger partial charge in [-0.15, -0.1) is 0 Å². The van der Waals surface area contributed by atoms with Crippen molar-refractivity contribution in [3.63, 3.8) is 0 Å². The SMILES string of the molecule is N#Cc1cc(F)cc(-c2cc(=S)cc[nH]2)c1. The summed E-state index contributed by atoms with van der Waals surface area (Å²) in [5, 5.41) is 8.74. The molecule has 0 bridgehead atoms. The first-order valence-electron chi connectivity index (χ1n) is 4.59. The van der Waals surface area contributed by atoms with Gasteiger partial charge in [-0.25, -0.2) is 4.39 Å². The van der Waals surface area contributed by atoms with Crippen molar-refractivity contribution in [3.8, 4) is 17.3 Å². The van der Waals surface area contributed by atoms with E-state index in [1.807, 2.05) is 6.07 Å². The fraction of sp³-hybridized carbons (Fsp3) is 0. The summed E-state index contributed by atoms with van der Waals surface area (Å²) in [6, 6.07) is 9.55. The molecule has 0 aliphatic heterocycles. The number of nitrogens with zero attached hydrogens (tertiary/aromatic N) is 1. The van der Waals surface area contributed by atoms with Crippen LogP contribution < -0.4 is 0 Å². The highest BCUT2D eigenvalue weighted by Gasteiger charge is 2.03. The van der Waals surface area contributed by atoms with Gasteiger partial charge in [0, 0.05) is 22.0 Å². The maximum Gasteiger partial charge on any atom is 0.125 e. The number of pyridine rings is 1. The third-order valence-corrected chi connectivity index (χ3v) is 2.36. The molecule has 0 spiro atoms. The van der Waals surface area contributed by atoms with Crippen LogP contribution in [0.15, 0.2) is 36.5 Å². The first-order chi connectivity index (χ1) is 7.69. The van der Waals surface area contributed by atoms with Crippen molar-refractivity contribution in [1.29, 1.82) is 5.26 Å². The van der Waals surface area contributed by atoms with E-state index in [1.54, 1.807) is 24.4 Å². The highest BCUT2D eigenvalue weighted by Crippen LogP contribution is 2.19. The van der Waals surface area contributed by atoms with Crippen molar-refractivity contribution in [3.05, 3.63) is 52.4 Å². The molecule has 1 aromatic carbocycles. The summed E-state index contributed by atoms with van der Waals surface area (Å²) in [4.78, 5) is 2.96. The van der Waals surface area contributed by atoms with E-state index >= 15 is 0 Å². The summed E-state index contributed by atoms with van der Waals surface area (Å²) in [7, 11) is 0. The standard InChI is InChI=1S/C12H7FN2S/c13-10-4-8(7-14)3-9(5-10)12-6-11(16)1-2-15-12/h1-6H,(H,15,16). The van der Waals surface area contributed by atoms with Crippen LogP contribution in [0.4, 0.5) is 4.39 Å². The number of hydrogen-bond donors (Lipinski definition) is 1. The summed E-state index contributed by atoms with van der Waals surface area (Å²) < 4.78 is 13.9. The Morgan fingerprint density at radius 2 is 2.06 bits per heavy atom. The van der Waals surface area contributed by atoms with Gasteiger partial charge in [0.2, 0.25) is 0 Å². The van der Waals surface area contributed by atoms with Crippen LogP contribution >= 0.6 is 12.2 Å². The largest absolute Gasteiger partial charge is 0.361 e. The molecule has 2 rings (SSSR count). The van der Waals surface area contributed by atoms with E-state index < -0.39 is 5.82 Å². The van der Waals surface area contributed by atoms with Crippen molar-refractivity contribution in [2.24, 2.45) is 0 Å². The number of hydrogen-bond acceptors (Lipinski definition) is 2. The molecular weight excluding hydrogens is 223 g/mol. The molecule has 0 aliphatic rings. The van der Waals surface area contributed by atoms with Crippen molar-refractivity contribution >= 4 is 12.2 Å². The van der Waals surface area contributed by atoms with Crippen LogP contribution in [0.25, 0.3) is 11.3 Å². The molecule has 0 amide bonds. The normalized spacial score (nSPS) is 9.75. The Morgan fingerprint density at radius 1 is 1.25 bits per heavy atom. The Kier molecular flexibility index (Phi) is 2.80. The highest BCUT2D eigenvalue weighted by molar-refractivity contribution is 7.71. The third-order valence-electron chi connectivity index (χ3n) is 2.11. The van der Waals surface area contributed by atoms with Crippen LogP contribution in [-0.2, 0) is 0 Å². The molecular formula is C12H7FN2S. The number of nitriles is 1. The second kappa shape index (κ2) is 4.25. The Bertz CT molecular complexity index is 625. The molecule has 0 unspecified atom stereocenters. The van der Waals surface area contributed by atoms with Gasteiger partial charge in [0.25, 0.3) is 0 Å². The van der Waals surface area contributed by atoms with Gasteiger partial charge in [-0.2, -0.15) is 5.26 Å². The Morgan fingerprint density at radius 3 is 2.75 bits per heavy atom. The van der Waals surface area contributed by atoms with Gasteiger partial charge >= 0.3 is 0 Å². The zero-order chi connectivity index (χ0) is 11.5. The Labute approximate surface area is 97.0 Å². The minimum absolute atomic E-state index is 0.290. The van der Waals surface area contributed by atoms with E-state index in [0.29, 0.717) is 15.8 Å². The van der Waals surface area contributed by atoms with Crippen LogP contribution in [0.1, 0.15) is 5.56 Å². The molecule has 2 aromatic rings. The minimum atomic E-state index is -0.433. The molecule has 16 heavy (non-hydrogen) atoms. The number of aromatic amines is 1. The molecule has 1 heterocycles. The zero-order valence-corrected chi connectivity index (χ0v) is 9.01. The number of benzene rings is 1. The summed E-state index contributed by atoms with van der Waals surface area (Å²) in [5.41, 5.74) is 1.60. The Hall–Kier alpha value is -1.99. The van der Waals surface area contributed by atoms with Gasteiger partial charge in [0.05, 0.1) is 11.6 Å². The van der Waals surface area contributed by atoms with Gasteiger partial charge < -0.3 is 4.98 Å². The molecule has 78 valence electrons. The van der Waals surface area contributed by atoms with Gasteiger partial charge in [-0.1, -0.05) is 12.2 Å². The molecule has 0 aliphatic carbocycles. The summed E-state index contributed by atoms with van der Waals surface area (Å²) in [5.74, 6) is -0.433. The molecule has 0 atom stereocenters. The molecule has 0 saturated carbocycles. The molecule has 2 nitrogen and oxygen atoms in total.